The van der Waals surface area contributed by atoms with Crippen molar-refractivity contribution >= 4 is 57.8 Å². The minimum absolute atomic E-state index is 0.143. The third kappa shape index (κ3) is 5.99. The molecular weight excluding hydrogens is 510 g/mol. The second-order valence-electron chi connectivity index (χ2n) is 7.47. The highest BCUT2D eigenvalue weighted by Crippen LogP contribution is 2.36. The summed E-state index contributed by atoms with van der Waals surface area (Å²) in [4.78, 5) is 19.6. The van der Waals surface area contributed by atoms with Crippen molar-refractivity contribution in [2.24, 2.45) is 4.99 Å². The molecule has 1 saturated heterocycles. The molecule has 1 aliphatic heterocycles. The normalized spacial score (nSPS) is 15.8. The number of aliphatic imine (C=N–C) groups is 1. The molecule has 3 aromatic carbocycles. The van der Waals surface area contributed by atoms with Gasteiger partial charge in [-0.2, -0.15) is 0 Å². The van der Waals surface area contributed by atoms with Crippen LogP contribution in [0.2, 0.25) is 10.0 Å². The van der Waals surface area contributed by atoms with E-state index >= 15 is 0 Å². The largest absolute Gasteiger partial charge is 0.493 e. The van der Waals surface area contributed by atoms with Gasteiger partial charge >= 0.3 is 0 Å². The van der Waals surface area contributed by atoms with Crippen LogP contribution in [0.1, 0.15) is 18.1 Å². The van der Waals surface area contributed by atoms with Gasteiger partial charge in [0.25, 0.3) is 5.91 Å². The highest BCUT2D eigenvalue weighted by molar-refractivity contribution is 8.18. The molecule has 1 fully saturated rings. The van der Waals surface area contributed by atoms with E-state index < -0.39 is 0 Å². The Labute approximate surface area is 217 Å². The number of amidine groups is 1. The Morgan fingerprint density at radius 3 is 2.51 bits per heavy atom. The lowest BCUT2D eigenvalue weighted by atomic mass is 10.1. The lowest BCUT2D eigenvalue weighted by molar-refractivity contribution is -0.122. The van der Waals surface area contributed by atoms with Crippen LogP contribution in [-0.4, -0.2) is 29.6 Å². The van der Waals surface area contributed by atoms with Crippen molar-refractivity contribution in [1.82, 2.24) is 4.90 Å². The maximum Gasteiger partial charge on any atom is 0.266 e. The molecule has 0 spiro atoms. The van der Waals surface area contributed by atoms with Crippen LogP contribution in [0.5, 0.6) is 11.5 Å². The molecule has 180 valence electrons. The van der Waals surface area contributed by atoms with Crippen molar-refractivity contribution in [3.8, 4) is 11.5 Å². The quantitative estimate of drug-likeness (QED) is 0.299. The fourth-order valence-electron chi connectivity index (χ4n) is 3.34. The zero-order valence-corrected chi connectivity index (χ0v) is 21.3. The van der Waals surface area contributed by atoms with Crippen LogP contribution in [0, 0.1) is 5.82 Å². The summed E-state index contributed by atoms with van der Waals surface area (Å²) in [6, 6.07) is 16.5. The number of benzene rings is 3. The standard InChI is InChI=1S/C26H21Cl2FN2O3S/c1-3-31-25(32)24(35-26(31)30-20-9-7-19(29)8-10-20)13-16-4-11-22(23(12-16)33-2)34-15-17-5-6-18(27)14-21(17)28/h4-14H,3,15H2,1-2H3/b24-13+,30-26?. The second-order valence-corrected chi connectivity index (χ2v) is 9.32. The van der Waals surface area contributed by atoms with Crippen LogP contribution < -0.4 is 9.47 Å². The van der Waals surface area contributed by atoms with Gasteiger partial charge in [-0.1, -0.05) is 35.3 Å². The average molecular weight is 531 g/mol. The molecule has 35 heavy (non-hydrogen) atoms. The number of ether oxygens (including phenoxy) is 2. The van der Waals surface area contributed by atoms with Crippen LogP contribution >= 0.6 is 35.0 Å². The van der Waals surface area contributed by atoms with Gasteiger partial charge in [-0.25, -0.2) is 9.38 Å². The summed E-state index contributed by atoms with van der Waals surface area (Å²) in [7, 11) is 1.55. The number of carbonyl (C=O) groups is 1. The average Bonchev–Trinajstić information content (AvgIpc) is 3.13. The highest BCUT2D eigenvalue weighted by Gasteiger charge is 2.32. The summed E-state index contributed by atoms with van der Waals surface area (Å²) in [6.07, 6.45) is 1.78. The maximum atomic E-state index is 13.2. The number of hydrogen-bond donors (Lipinski definition) is 0. The van der Waals surface area contributed by atoms with E-state index in [1.165, 1.54) is 23.9 Å². The first-order valence-electron chi connectivity index (χ1n) is 10.7. The van der Waals surface area contributed by atoms with E-state index in [1.54, 1.807) is 54.5 Å². The van der Waals surface area contributed by atoms with Crippen molar-refractivity contribution in [3.63, 3.8) is 0 Å². The van der Waals surface area contributed by atoms with Gasteiger partial charge < -0.3 is 9.47 Å². The molecule has 0 bridgehead atoms. The molecule has 0 aliphatic carbocycles. The van der Waals surface area contributed by atoms with E-state index in [2.05, 4.69) is 4.99 Å². The second kappa shape index (κ2) is 11.2. The van der Waals surface area contributed by atoms with E-state index in [1.807, 2.05) is 19.1 Å². The minimum Gasteiger partial charge on any atom is -0.493 e. The monoisotopic (exact) mass is 530 g/mol. The first kappa shape index (κ1) is 25.1. The number of hydrogen-bond acceptors (Lipinski definition) is 5. The number of thioether (sulfide) groups is 1. The Morgan fingerprint density at radius 2 is 1.83 bits per heavy atom. The summed E-state index contributed by atoms with van der Waals surface area (Å²) in [6.45, 7) is 2.59. The third-order valence-corrected chi connectivity index (χ3v) is 6.73. The number of rotatable bonds is 7. The maximum absolute atomic E-state index is 13.2. The van der Waals surface area contributed by atoms with Gasteiger partial charge in [-0.15, -0.1) is 0 Å². The van der Waals surface area contributed by atoms with Crippen LogP contribution in [0.4, 0.5) is 10.1 Å². The topological polar surface area (TPSA) is 51.1 Å². The van der Waals surface area contributed by atoms with Crippen molar-refractivity contribution in [2.45, 2.75) is 13.5 Å². The number of halogens is 3. The van der Waals surface area contributed by atoms with Crippen LogP contribution in [0.15, 0.2) is 70.6 Å². The minimum atomic E-state index is -0.338. The summed E-state index contributed by atoms with van der Waals surface area (Å²) < 4.78 is 24.6. The van der Waals surface area contributed by atoms with Crippen LogP contribution in [0.25, 0.3) is 6.08 Å². The van der Waals surface area contributed by atoms with E-state index in [-0.39, 0.29) is 18.3 Å². The van der Waals surface area contributed by atoms with E-state index in [0.717, 1.165) is 11.1 Å². The van der Waals surface area contributed by atoms with Crippen molar-refractivity contribution in [3.05, 3.63) is 92.6 Å². The molecule has 1 amide bonds. The lowest BCUT2D eigenvalue weighted by Gasteiger charge is -2.12. The number of amides is 1. The molecule has 5 nitrogen and oxygen atoms in total. The Kier molecular flexibility index (Phi) is 8.00. The number of nitrogens with zero attached hydrogens (tertiary/aromatic N) is 2. The first-order valence-corrected chi connectivity index (χ1v) is 12.3. The van der Waals surface area contributed by atoms with Gasteiger partial charge in [0.15, 0.2) is 16.7 Å². The fraction of sp³-hybridized carbons (Fsp3) is 0.154. The summed E-state index contributed by atoms with van der Waals surface area (Å²) in [5.74, 6) is 0.581. The van der Waals surface area contributed by atoms with Gasteiger partial charge in [0, 0.05) is 22.2 Å². The van der Waals surface area contributed by atoms with Crippen molar-refractivity contribution < 1.29 is 18.7 Å². The van der Waals surface area contributed by atoms with E-state index in [9.17, 15) is 9.18 Å². The summed E-state index contributed by atoms with van der Waals surface area (Å²) >= 11 is 13.5. The zero-order valence-electron chi connectivity index (χ0n) is 18.9. The van der Waals surface area contributed by atoms with E-state index in [4.69, 9.17) is 32.7 Å². The van der Waals surface area contributed by atoms with Gasteiger partial charge in [0.05, 0.1) is 17.7 Å². The van der Waals surface area contributed by atoms with Crippen LogP contribution in [-0.2, 0) is 11.4 Å². The molecule has 9 heteroatoms. The molecular formula is C26H21Cl2FN2O3S. The summed E-state index contributed by atoms with van der Waals surface area (Å²) in [5.41, 5.74) is 2.14. The first-order chi connectivity index (χ1) is 16.9. The SMILES string of the molecule is CCN1C(=O)/C(=C\c2ccc(OCc3ccc(Cl)cc3Cl)c(OC)c2)SC1=Nc1ccc(F)cc1. The number of methoxy groups -OCH3 is 1. The Balaban J connectivity index is 1.54. The number of likely N-dealkylation sites (N-methyl/N-ethyl adjacent to an activating group) is 1. The Morgan fingerprint density at radius 1 is 1.06 bits per heavy atom. The fourth-order valence-corrected chi connectivity index (χ4v) is 4.86. The molecule has 0 N–H and O–H groups in total. The highest BCUT2D eigenvalue weighted by atomic mass is 35.5. The predicted molar refractivity (Wildman–Crippen MR) is 140 cm³/mol. The molecule has 1 aliphatic rings. The van der Waals surface area contributed by atoms with Crippen LogP contribution in [0.3, 0.4) is 0 Å². The molecule has 4 rings (SSSR count). The lowest BCUT2D eigenvalue weighted by Crippen LogP contribution is -2.28. The van der Waals surface area contributed by atoms with Crippen molar-refractivity contribution in [2.75, 3.05) is 13.7 Å². The summed E-state index contributed by atoms with van der Waals surface area (Å²) in [5, 5.41) is 1.62. The molecule has 0 unspecified atom stereocenters. The molecule has 1 heterocycles. The Hall–Kier alpha value is -3.00. The van der Waals surface area contributed by atoms with Crippen molar-refractivity contribution in [1.29, 1.82) is 0 Å². The van der Waals surface area contributed by atoms with Gasteiger partial charge in [-0.3, -0.25) is 9.69 Å². The van der Waals surface area contributed by atoms with Gasteiger partial charge in [0.2, 0.25) is 0 Å². The van der Waals surface area contributed by atoms with E-state index in [0.29, 0.717) is 43.8 Å². The third-order valence-electron chi connectivity index (χ3n) is 5.14. The molecule has 3 aromatic rings. The predicted octanol–water partition coefficient (Wildman–Crippen LogP) is 7.34. The molecule has 0 aromatic heterocycles. The zero-order chi connectivity index (χ0) is 24.9. The molecule has 0 saturated carbocycles. The molecule has 0 radical (unpaired) electrons. The Bertz CT molecular complexity index is 1310. The van der Waals surface area contributed by atoms with Gasteiger partial charge in [-0.05, 0) is 78.9 Å². The smallest absolute Gasteiger partial charge is 0.266 e. The number of carbonyl (C=O) groups excluding carboxylic acids is 1. The molecule has 0 atom stereocenters. The van der Waals surface area contributed by atoms with Gasteiger partial charge in [0.1, 0.15) is 12.4 Å².